The minimum Gasteiger partial charge on any atom is -0.342 e. The molecule has 1 aromatic rings. The van der Waals surface area contributed by atoms with Gasteiger partial charge < -0.3 is 9.80 Å². The zero-order valence-corrected chi connectivity index (χ0v) is 17.4. The lowest BCUT2D eigenvalue weighted by atomic mass is 9.86. The van der Waals surface area contributed by atoms with E-state index in [1.54, 1.807) is 11.3 Å². The lowest BCUT2D eigenvalue weighted by Gasteiger charge is -2.34. The van der Waals surface area contributed by atoms with Gasteiger partial charge in [0, 0.05) is 37.0 Å². The van der Waals surface area contributed by atoms with E-state index in [9.17, 15) is 9.59 Å². The summed E-state index contributed by atoms with van der Waals surface area (Å²) >= 11 is 1.68. The van der Waals surface area contributed by atoms with Gasteiger partial charge in [-0.3, -0.25) is 9.59 Å². The largest absolute Gasteiger partial charge is 0.342 e. The molecule has 2 saturated heterocycles. The van der Waals surface area contributed by atoms with Gasteiger partial charge in [-0.15, -0.1) is 11.3 Å². The van der Waals surface area contributed by atoms with Crippen molar-refractivity contribution in [2.24, 2.45) is 11.8 Å². The molecule has 5 heteroatoms. The van der Waals surface area contributed by atoms with Gasteiger partial charge in [0.25, 0.3) is 5.91 Å². The lowest BCUT2D eigenvalue weighted by molar-refractivity contribution is -0.137. The second-order valence-electron chi connectivity index (χ2n) is 8.71. The number of carbonyl (C=O) groups excluding carboxylic acids is 2. The Labute approximate surface area is 166 Å². The Hall–Kier alpha value is -1.36. The number of aryl methyl sites for hydroxylation is 1. The fraction of sp³-hybridized carbons (Fsp3) is 0.727. The van der Waals surface area contributed by atoms with Gasteiger partial charge in [0.05, 0.1) is 4.88 Å². The second-order valence-corrected chi connectivity index (χ2v) is 9.85. The number of carbonyl (C=O) groups is 2. The van der Waals surface area contributed by atoms with E-state index in [1.807, 2.05) is 4.90 Å². The zero-order valence-electron chi connectivity index (χ0n) is 16.5. The molecule has 0 N–H and O–H groups in total. The Morgan fingerprint density at radius 2 is 1.67 bits per heavy atom. The molecule has 2 amide bonds. The van der Waals surface area contributed by atoms with E-state index in [2.05, 4.69) is 17.9 Å². The van der Waals surface area contributed by atoms with E-state index in [0.717, 1.165) is 81.9 Å². The summed E-state index contributed by atoms with van der Waals surface area (Å²) in [6.07, 6.45) is 9.72. The number of hydrogen-bond acceptors (Lipinski definition) is 3. The summed E-state index contributed by atoms with van der Waals surface area (Å²) in [6, 6.07) is 2.10. The van der Waals surface area contributed by atoms with Crippen molar-refractivity contribution in [3.63, 3.8) is 0 Å². The molecule has 0 bridgehead atoms. The number of piperidine rings is 1. The average molecular weight is 389 g/mol. The molecule has 2 aliphatic heterocycles. The van der Waals surface area contributed by atoms with Crippen LogP contribution >= 0.6 is 11.3 Å². The SMILES string of the molecule is CC1CCN(C(=O)[C@H]2CCc3sc(C(=O)N4CCCCCC4)cc3C2)CC1. The Kier molecular flexibility index (Phi) is 5.86. The van der Waals surface area contributed by atoms with Crippen molar-refractivity contribution < 1.29 is 9.59 Å². The topological polar surface area (TPSA) is 40.6 Å². The van der Waals surface area contributed by atoms with Gasteiger partial charge in [0.2, 0.25) is 5.91 Å². The predicted molar refractivity (Wildman–Crippen MR) is 109 cm³/mol. The Morgan fingerprint density at radius 3 is 2.37 bits per heavy atom. The standard InChI is InChI=1S/C22H32N2O2S/c1-16-8-12-24(13-9-16)21(25)17-6-7-19-18(14-17)15-20(27-19)22(26)23-10-4-2-3-5-11-23/h15-17H,2-14H2,1H3/t17-/m0/s1. The van der Waals surface area contributed by atoms with E-state index in [-0.39, 0.29) is 11.8 Å². The smallest absolute Gasteiger partial charge is 0.263 e. The van der Waals surface area contributed by atoms with Crippen LogP contribution in [0.3, 0.4) is 0 Å². The van der Waals surface area contributed by atoms with Crippen molar-refractivity contribution in [1.29, 1.82) is 0 Å². The van der Waals surface area contributed by atoms with Gasteiger partial charge in [0.15, 0.2) is 0 Å². The Morgan fingerprint density at radius 1 is 0.963 bits per heavy atom. The number of amides is 2. The van der Waals surface area contributed by atoms with E-state index in [1.165, 1.54) is 23.3 Å². The molecule has 1 aromatic heterocycles. The molecule has 0 radical (unpaired) electrons. The third kappa shape index (κ3) is 4.23. The Bertz CT molecular complexity index is 682. The first-order chi connectivity index (χ1) is 13.1. The van der Waals surface area contributed by atoms with Crippen LogP contribution in [0.15, 0.2) is 6.07 Å². The first-order valence-electron chi connectivity index (χ1n) is 10.8. The van der Waals surface area contributed by atoms with Crippen molar-refractivity contribution in [3.8, 4) is 0 Å². The van der Waals surface area contributed by atoms with E-state index in [0.29, 0.717) is 5.91 Å². The highest BCUT2D eigenvalue weighted by Crippen LogP contribution is 2.34. The molecule has 0 unspecified atom stereocenters. The third-order valence-electron chi connectivity index (χ3n) is 6.63. The first-order valence-corrected chi connectivity index (χ1v) is 11.6. The molecular formula is C22H32N2O2S. The molecule has 1 atom stereocenters. The molecule has 148 valence electrons. The van der Waals surface area contributed by atoms with Crippen LogP contribution in [0.5, 0.6) is 0 Å². The maximum absolute atomic E-state index is 12.9. The number of nitrogens with zero attached hydrogens (tertiary/aromatic N) is 2. The van der Waals surface area contributed by atoms with E-state index in [4.69, 9.17) is 0 Å². The van der Waals surface area contributed by atoms with E-state index >= 15 is 0 Å². The van der Waals surface area contributed by atoms with Crippen LogP contribution in [0.1, 0.15) is 72.0 Å². The highest BCUT2D eigenvalue weighted by molar-refractivity contribution is 7.14. The summed E-state index contributed by atoms with van der Waals surface area (Å²) in [6.45, 7) is 5.92. The van der Waals surface area contributed by atoms with Gasteiger partial charge >= 0.3 is 0 Å². The minimum absolute atomic E-state index is 0.113. The van der Waals surface area contributed by atoms with Crippen LogP contribution in [0.2, 0.25) is 0 Å². The normalized spacial score (nSPS) is 24.4. The number of rotatable bonds is 2. The maximum atomic E-state index is 12.9. The molecule has 2 fully saturated rings. The third-order valence-corrected chi connectivity index (χ3v) is 7.86. The molecule has 1 aliphatic carbocycles. The Balaban J connectivity index is 1.41. The maximum Gasteiger partial charge on any atom is 0.263 e. The predicted octanol–water partition coefficient (Wildman–Crippen LogP) is 4.13. The van der Waals surface area contributed by atoms with Crippen LogP contribution in [0.25, 0.3) is 0 Å². The fourth-order valence-corrected chi connectivity index (χ4v) is 5.93. The zero-order chi connectivity index (χ0) is 18.8. The van der Waals surface area contributed by atoms with Gasteiger partial charge in [-0.1, -0.05) is 19.8 Å². The molecule has 4 rings (SSSR count). The van der Waals surface area contributed by atoms with Gasteiger partial charge in [0.1, 0.15) is 0 Å². The van der Waals surface area contributed by atoms with Crippen LogP contribution in [0.4, 0.5) is 0 Å². The molecule has 0 aromatic carbocycles. The lowest BCUT2D eigenvalue weighted by Crippen LogP contribution is -2.42. The number of likely N-dealkylation sites (tertiary alicyclic amines) is 2. The van der Waals surface area contributed by atoms with Gasteiger partial charge in [-0.25, -0.2) is 0 Å². The van der Waals surface area contributed by atoms with Crippen molar-refractivity contribution >= 4 is 23.2 Å². The summed E-state index contributed by atoms with van der Waals surface area (Å²) in [5.74, 6) is 1.42. The van der Waals surface area contributed by atoms with Crippen molar-refractivity contribution in [1.82, 2.24) is 9.80 Å². The summed E-state index contributed by atoms with van der Waals surface area (Å²) in [5, 5.41) is 0. The monoisotopic (exact) mass is 388 g/mol. The molecule has 27 heavy (non-hydrogen) atoms. The summed E-state index contributed by atoms with van der Waals surface area (Å²) < 4.78 is 0. The van der Waals surface area contributed by atoms with Crippen LogP contribution in [0, 0.1) is 11.8 Å². The quantitative estimate of drug-likeness (QED) is 0.764. The molecule has 0 saturated carbocycles. The first kappa shape index (κ1) is 19.0. The number of fused-ring (bicyclic) bond motifs is 1. The number of thiophene rings is 1. The molecular weight excluding hydrogens is 356 g/mol. The molecule has 4 nitrogen and oxygen atoms in total. The second kappa shape index (κ2) is 8.34. The van der Waals surface area contributed by atoms with Gasteiger partial charge in [-0.2, -0.15) is 0 Å². The van der Waals surface area contributed by atoms with E-state index < -0.39 is 0 Å². The highest BCUT2D eigenvalue weighted by atomic mass is 32.1. The average Bonchev–Trinajstić information content (AvgIpc) is 2.92. The summed E-state index contributed by atoms with van der Waals surface area (Å²) in [5.41, 5.74) is 1.26. The summed E-state index contributed by atoms with van der Waals surface area (Å²) in [4.78, 5) is 32.2. The van der Waals surface area contributed by atoms with Crippen molar-refractivity contribution in [2.45, 2.75) is 64.7 Å². The molecule has 0 spiro atoms. The fourth-order valence-electron chi connectivity index (χ4n) is 4.76. The van der Waals surface area contributed by atoms with Crippen LogP contribution < -0.4 is 0 Å². The van der Waals surface area contributed by atoms with Crippen molar-refractivity contribution in [2.75, 3.05) is 26.2 Å². The summed E-state index contributed by atoms with van der Waals surface area (Å²) in [7, 11) is 0. The molecule has 3 heterocycles. The van der Waals surface area contributed by atoms with Gasteiger partial charge in [-0.05, 0) is 62.5 Å². The van der Waals surface area contributed by atoms with Crippen LogP contribution in [-0.4, -0.2) is 47.8 Å². The minimum atomic E-state index is 0.113. The van der Waals surface area contributed by atoms with Crippen molar-refractivity contribution in [3.05, 3.63) is 21.4 Å². The van der Waals surface area contributed by atoms with Crippen LogP contribution in [-0.2, 0) is 17.6 Å². The highest BCUT2D eigenvalue weighted by Gasteiger charge is 2.32. The number of hydrogen-bond donors (Lipinski definition) is 0. The molecule has 3 aliphatic rings.